The molecule has 1 aromatic carbocycles. The number of piperidine rings is 1. The van der Waals surface area contributed by atoms with Crippen LogP contribution in [0.2, 0.25) is 0 Å². The van der Waals surface area contributed by atoms with Crippen LogP contribution in [0, 0.1) is 11.3 Å². The number of halogens is 4. The lowest BCUT2D eigenvalue weighted by molar-refractivity contribution is -0.137. The molecule has 2 N–H and O–H groups in total. The first-order valence-corrected chi connectivity index (χ1v) is 8.89. The van der Waals surface area contributed by atoms with Crippen molar-refractivity contribution in [2.75, 3.05) is 33.4 Å². The van der Waals surface area contributed by atoms with Crippen molar-refractivity contribution in [3.8, 4) is 0 Å². The number of nitrogens with one attached hydrogen (secondary N) is 2. The van der Waals surface area contributed by atoms with Crippen LogP contribution >= 0.6 is 12.4 Å². The van der Waals surface area contributed by atoms with E-state index in [4.69, 9.17) is 4.74 Å². The van der Waals surface area contributed by atoms with Crippen molar-refractivity contribution in [1.29, 1.82) is 0 Å². The van der Waals surface area contributed by atoms with E-state index in [1.807, 2.05) is 0 Å². The van der Waals surface area contributed by atoms with Crippen LogP contribution in [0.5, 0.6) is 0 Å². The second kappa shape index (κ2) is 10.3. The molecule has 27 heavy (non-hydrogen) atoms. The summed E-state index contributed by atoms with van der Waals surface area (Å²) < 4.78 is 43.8. The minimum atomic E-state index is -4.37. The van der Waals surface area contributed by atoms with Gasteiger partial charge in [-0.05, 0) is 44.0 Å². The largest absolute Gasteiger partial charge is 0.416 e. The summed E-state index contributed by atoms with van der Waals surface area (Å²) in [5, 5.41) is 6.27. The van der Waals surface area contributed by atoms with Crippen LogP contribution in [0.4, 0.5) is 13.2 Å². The number of carbonyl (C=O) groups excluding carboxylic acids is 1. The average Bonchev–Trinajstić information content (AvgIpc) is 2.60. The van der Waals surface area contributed by atoms with Gasteiger partial charge in [-0.1, -0.05) is 25.1 Å². The zero-order valence-electron chi connectivity index (χ0n) is 15.7. The standard InChI is InChI=1S/C19H27F3N2O2.ClH/c1-14(10-15-4-3-5-16(11-15)19(20,21)22)17(25)24-12-18(13-26-2)6-8-23-9-7-18;/h3-5,11,14,23H,6-10,12-13H2,1-2H3,(H,24,25);1H. The normalized spacial score (nSPS) is 17.7. The maximum Gasteiger partial charge on any atom is 0.416 e. The van der Waals surface area contributed by atoms with E-state index < -0.39 is 17.7 Å². The number of rotatable bonds is 7. The average molecular weight is 409 g/mol. The van der Waals surface area contributed by atoms with Crippen molar-refractivity contribution in [2.45, 2.75) is 32.4 Å². The predicted molar refractivity (Wildman–Crippen MR) is 101 cm³/mol. The highest BCUT2D eigenvalue weighted by Crippen LogP contribution is 2.30. The lowest BCUT2D eigenvalue weighted by Crippen LogP contribution is -2.48. The Hall–Kier alpha value is -1.31. The molecule has 4 nitrogen and oxygen atoms in total. The van der Waals surface area contributed by atoms with Gasteiger partial charge in [0.25, 0.3) is 0 Å². The van der Waals surface area contributed by atoms with Crippen molar-refractivity contribution < 1.29 is 22.7 Å². The molecule has 0 radical (unpaired) electrons. The lowest BCUT2D eigenvalue weighted by Gasteiger charge is -2.37. The minimum Gasteiger partial charge on any atom is -0.384 e. The van der Waals surface area contributed by atoms with Gasteiger partial charge in [-0.2, -0.15) is 13.2 Å². The number of hydrogen-bond acceptors (Lipinski definition) is 3. The van der Waals surface area contributed by atoms with Crippen LogP contribution in [0.15, 0.2) is 24.3 Å². The van der Waals surface area contributed by atoms with Crippen molar-refractivity contribution in [3.63, 3.8) is 0 Å². The van der Waals surface area contributed by atoms with E-state index in [0.29, 0.717) is 18.7 Å². The molecular weight excluding hydrogens is 381 g/mol. The fourth-order valence-electron chi connectivity index (χ4n) is 3.41. The van der Waals surface area contributed by atoms with Crippen molar-refractivity contribution in [1.82, 2.24) is 10.6 Å². The quantitative estimate of drug-likeness (QED) is 0.726. The Balaban J connectivity index is 0.00000364. The molecule has 1 amide bonds. The molecule has 1 unspecified atom stereocenters. The molecule has 0 bridgehead atoms. The smallest absolute Gasteiger partial charge is 0.384 e. The molecule has 0 spiro atoms. The van der Waals surface area contributed by atoms with Crippen LogP contribution in [-0.2, 0) is 22.1 Å². The number of alkyl halides is 3. The molecule has 0 aliphatic carbocycles. The second-order valence-electron chi connectivity index (χ2n) is 7.20. The summed E-state index contributed by atoms with van der Waals surface area (Å²) >= 11 is 0. The molecular formula is C19H28ClF3N2O2. The third kappa shape index (κ3) is 6.97. The fraction of sp³-hybridized carbons (Fsp3) is 0.632. The van der Waals surface area contributed by atoms with E-state index in [1.54, 1.807) is 20.1 Å². The summed E-state index contributed by atoms with van der Waals surface area (Å²) in [5.41, 5.74) is -0.252. The first-order valence-electron chi connectivity index (χ1n) is 8.89. The Bertz CT molecular complexity index is 599. The van der Waals surface area contributed by atoms with Crippen molar-refractivity contribution >= 4 is 18.3 Å². The first-order chi connectivity index (χ1) is 12.3. The molecule has 1 heterocycles. The molecule has 8 heteroatoms. The number of benzene rings is 1. The molecule has 1 fully saturated rings. The highest BCUT2D eigenvalue weighted by molar-refractivity contribution is 5.85. The van der Waals surface area contributed by atoms with E-state index in [2.05, 4.69) is 10.6 Å². The van der Waals surface area contributed by atoms with E-state index in [1.165, 1.54) is 6.07 Å². The number of ether oxygens (including phenoxy) is 1. The number of carbonyl (C=O) groups is 1. The molecule has 1 atom stereocenters. The zero-order valence-corrected chi connectivity index (χ0v) is 16.5. The Morgan fingerprint density at radius 2 is 2.00 bits per heavy atom. The molecule has 1 saturated heterocycles. The monoisotopic (exact) mass is 408 g/mol. The van der Waals surface area contributed by atoms with E-state index in [9.17, 15) is 18.0 Å². The van der Waals surface area contributed by atoms with E-state index >= 15 is 0 Å². The molecule has 2 rings (SSSR count). The van der Waals surface area contributed by atoms with Crippen LogP contribution in [0.3, 0.4) is 0 Å². The third-order valence-electron chi connectivity index (χ3n) is 5.00. The van der Waals surface area contributed by atoms with E-state index in [-0.39, 0.29) is 30.2 Å². The van der Waals surface area contributed by atoms with Gasteiger partial charge in [0.05, 0.1) is 12.2 Å². The zero-order chi connectivity index (χ0) is 19.2. The minimum absolute atomic E-state index is 0. The van der Waals surface area contributed by atoms with Crippen molar-refractivity contribution in [2.24, 2.45) is 11.3 Å². The molecule has 1 aliphatic rings. The van der Waals surface area contributed by atoms with Gasteiger partial charge in [0.1, 0.15) is 0 Å². The maximum absolute atomic E-state index is 12.8. The molecule has 0 aromatic heterocycles. The number of amides is 1. The van der Waals surface area contributed by atoms with Gasteiger partial charge in [0.2, 0.25) is 5.91 Å². The first kappa shape index (κ1) is 23.7. The number of methoxy groups -OCH3 is 1. The highest BCUT2D eigenvalue weighted by atomic mass is 35.5. The van der Waals surface area contributed by atoms with E-state index in [0.717, 1.165) is 38.1 Å². The molecule has 1 aromatic rings. The molecule has 154 valence electrons. The highest BCUT2D eigenvalue weighted by Gasteiger charge is 2.33. The van der Waals surface area contributed by atoms with Gasteiger partial charge >= 0.3 is 6.18 Å². The summed E-state index contributed by atoms with van der Waals surface area (Å²) in [7, 11) is 1.65. The van der Waals surface area contributed by atoms with Gasteiger partial charge in [-0.25, -0.2) is 0 Å². The van der Waals surface area contributed by atoms with Crippen LogP contribution in [0.25, 0.3) is 0 Å². The molecule has 0 saturated carbocycles. The summed E-state index contributed by atoms with van der Waals surface area (Å²) in [6.45, 7) is 4.62. The Morgan fingerprint density at radius 3 is 2.59 bits per heavy atom. The van der Waals surface area contributed by atoms with Gasteiger partial charge in [0, 0.05) is 25.0 Å². The summed E-state index contributed by atoms with van der Waals surface area (Å²) in [4.78, 5) is 12.4. The van der Waals surface area contributed by atoms with Gasteiger partial charge in [0.15, 0.2) is 0 Å². The van der Waals surface area contributed by atoms with Crippen LogP contribution in [-0.4, -0.2) is 39.3 Å². The van der Waals surface area contributed by atoms with Gasteiger partial charge in [-0.3, -0.25) is 4.79 Å². The topological polar surface area (TPSA) is 50.4 Å². The predicted octanol–water partition coefficient (Wildman–Crippen LogP) is 3.44. The lowest BCUT2D eigenvalue weighted by atomic mass is 9.79. The second-order valence-corrected chi connectivity index (χ2v) is 7.20. The van der Waals surface area contributed by atoms with Crippen LogP contribution in [0.1, 0.15) is 30.9 Å². The Labute approximate surface area is 164 Å². The Morgan fingerprint density at radius 1 is 1.33 bits per heavy atom. The summed E-state index contributed by atoms with van der Waals surface area (Å²) in [5.74, 6) is -0.545. The number of hydrogen-bond donors (Lipinski definition) is 2. The third-order valence-corrected chi connectivity index (χ3v) is 5.00. The molecule has 1 aliphatic heterocycles. The summed E-state index contributed by atoms with van der Waals surface area (Å²) in [6.07, 6.45) is -2.26. The van der Waals surface area contributed by atoms with Crippen molar-refractivity contribution in [3.05, 3.63) is 35.4 Å². The Kier molecular flexibility index (Phi) is 9.05. The van der Waals surface area contributed by atoms with Gasteiger partial charge < -0.3 is 15.4 Å². The maximum atomic E-state index is 12.8. The SMILES string of the molecule is COCC1(CNC(=O)C(C)Cc2cccc(C(F)(F)F)c2)CCNCC1.Cl. The summed E-state index contributed by atoms with van der Waals surface area (Å²) in [6, 6.07) is 5.16. The fourth-order valence-corrected chi connectivity index (χ4v) is 3.41. The van der Waals surface area contributed by atoms with Crippen LogP contribution < -0.4 is 10.6 Å². The van der Waals surface area contributed by atoms with Gasteiger partial charge in [-0.15, -0.1) is 12.4 Å².